The first-order valence-electron chi connectivity index (χ1n) is 5.79. The summed E-state index contributed by atoms with van der Waals surface area (Å²) < 4.78 is 0. The highest BCUT2D eigenvalue weighted by molar-refractivity contribution is 5.25. The molecule has 0 radical (unpaired) electrons. The average molecular weight is 254 g/mol. The Hall–Kier alpha value is -1.82. The van der Waals surface area contributed by atoms with Crippen LogP contribution in [0.25, 0.3) is 0 Å². The molecule has 1 heterocycles. The summed E-state index contributed by atoms with van der Waals surface area (Å²) in [5.74, 6) is -0.416. The number of aliphatic hydroxyl groups is 1. The molecule has 0 saturated heterocycles. The molecule has 18 heavy (non-hydrogen) atoms. The fourth-order valence-corrected chi connectivity index (χ4v) is 1.65. The molecule has 0 fully saturated rings. The quantitative estimate of drug-likeness (QED) is 0.552. The summed E-state index contributed by atoms with van der Waals surface area (Å²) in [6.07, 6.45) is 1.93. The van der Waals surface area contributed by atoms with Gasteiger partial charge in [0.15, 0.2) is 0 Å². The van der Waals surface area contributed by atoms with Crippen LogP contribution >= 0.6 is 0 Å². The van der Waals surface area contributed by atoms with Gasteiger partial charge in [0.05, 0.1) is 11.7 Å². The van der Waals surface area contributed by atoms with Crippen molar-refractivity contribution in [3.8, 4) is 5.88 Å². The molecule has 100 valence electrons. The van der Waals surface area contributed by atoms with Crippen LogP contribution in [0.3, 0.4) is 0 Å². The van der Waals surface area contributed by atoms with Crippen LogP contribution in [0.15, 0.2) is 21.7 Å². The Labute approximate surface area is 104 Å². The van der Waals surface area contributed by atoms with Gasteiger partial charge in [-0.25, -0.2) is 4.79 Å². The number of nitrogens with one attached hydrogen (secondary N) is 2. The molecule has 0 aliphatic heterocycles. The molecule has 6 heteroatoms. The molecule has 1 unspecified atom stereocenters. The van der Waals surface area contributed by atoms with E-state index >= 15 is 0 Å². The lowest BCUT2D eigenvalue weighted by atomic mass is 10.0. The fraction of sp³-hybridized carbons (Fsp3) is 0.500. The lowest BCUT2D eigenvalue weighted by Crippen LogP contribution is -2.25. The van der Waals surface area contributed by atoms with E-state index in [0.717, 1.165) is 12.0 Å². The van der Waals surface area contributed by atoms with Gasteiger partial charge in [-0.3, -0.25) is 14.8 Å². The van der Waals surface area contributed by atoms with Crippen LogP contribution in [-0.2, 0) is 6.42 Å². The van der Waals surface area contributed by atoms with E-state index < -0.39 is 17.1 Å². The Morgan fingerprint density at radius 3 is 2.61 bits per heavy atom. The second-order valence-electron chi connectivity index (χ2n) is 4.40. The van der Waals surface area contributed by atoms with Gasteiger partial charge in [0.25, 0.3) is 5.56 Å². The van der Waals surface area contributed by atoms with Gasteiger partial charge in [-0.05, 0) is 26.2 Å². The largest absolute Gasteiger partial charge is 0.494 e. The summed E-state index contributed by atoms with van der Waals surface area (Å²) in [6, 6.07) is 0. The molecule has 0 amide bonds. The minimum Gasteiger partial charge on any atom is -0.494 e. The number of aromatic hydroxyl groups is 1. The van der Waals surface area contributed by atoms with Crippen molar-refractivity contribution in [2.75, 3.05) is 0 Å². The Morgan fingerprint density at radius 1 is 1.39 bits per heavy atom. The molecular formula is C12H18N2O4. The van der Waals surface area contributed by atoms with Gasteiger partial charge in [-0.1, -0.05) is 12.2 Å². The monoisotopic (exact) mass is 254 g/mol. The number of aromatic nitrogens is 2. The first-order valence-corrected chi connectivity index (χ1v) is 5.79. The van der Waals surface area contributed by atoms with E-state index in [0.29, 0.717) is 12.8 Å². The van der Waals surface area contributed by atoms with Crippen LogP contribution < -0.4 is 11.2 Å². The van der Waals surface area contributed by atoms with Crippen molar-refractivity contribution in [2.45, 2.75) is 38.7 Å². The average Bonchev–Trinajstić information content (AvgIpc) is 2.22. The highest BCUT2D eigenvalue weighted by Crippen LogP contribution is 2.15. The van der Waals surface area contributed by atoms with Gasteiger partial charge in [0.1, 0.15) is 0 Å². The SMILES string of the molecule is C=C(CCCC(C)O)Cc1c(O)[nH]c(=O)[nH]c1=O. The Kier molecular flexibility index (Phi) is 4.91. The molecule has 0 bridgehead atoms. The van der Waals surface area contributed by atoms with E-state index in [1.165, 1.54) is 0 Å². The fourth-order valence-electron chi connectivity index (χ4n) is 1.65. The molecule has 0 aromatic carbocycles. The van der Waals surface area contributed by atoms with Crippen LogP contribution in [0, 0.1) is 0 Å². The third-order valence-corrected chi connectivity index (χ3v) is 2.60. The summed E-state index contributed by atoms with van der Waals surface area (Å²) in [5.41, 5.74) is -0.464. The summed E-state index contributed by atoms with van der Waals surface area (Å²) >= 11 is 0. The number of rotatable bonds is 6. The van der Waals surface area contributed by atoms with E-state index in [9.17, 15) is 14.7 Å². The Morgan fingerprint density at radius 2 is 2.06 bits per heavy atom. The van der Waals surface area contributed by atoms with Crippen LogP contribution in [0.2, 0.25) is 0 Å². The van der Waals surface area contributed by atoms with Crippen LogP contribution in [0.1, 0.15) is 31.7 Å². The van der Waals surface area contributed by atoms with Crippen molar-refractivity contribution < 1.29 is 10.2 Å². The standard InChI is InChI=1S/C12H18N2O4/c1-7(4-3-5-8(2)15)6-9-10(16)13-12(18)14-11(9)17/h8,15H,1,3-6H2,2H3,(H3,13,14,16,17,18). The van der Waals surface area contributed by atoms with E-state index in [2.05, 4.69) is 16.5 Å². The molecule has 1 atom stereocenters. The van der Waals surface area contributed by atoms with E-state index in [1.54, 1.807) is 6.92 Å². The van der Waals surface area contributed by atoms with Gasteiger partial charge in [0.2, 0.25) is 5.88 Å². The molecule has 0 aliphatic carbocycles. The van der Waals surface area contributed by atoms with Crippen LogP contribution in [0.4, 0.5) is 0 Å². The zero-order valence-corrected chi connectivity index (χ0v) is 10.3. The van der Waals surface area contributed by atoms with Gasteiger partial charge >= 0.3 is 5.69 Å². The van der Waals surface area contributed by atoms with Crippen molar-refractivity contribution in [1.29, 1.82) is 0 Å². The molecule has 1 aromatic rings. The third kappa shape index (κ3) is 4.21. The predicted octanol–water partition coefficient (Wildman–Crippen LogP) is 0.419. The lowest BCUT2D eigenvalue weighted by molar-refractivity contribution is 0.181. The normalized spacial score (nSPS) is 12.3. The van der Waals surface area contributed by atoms with E-state index in [1.807, 2.05) is 0 Å². The molecule has 6 nitrogen and oxygen atoms in total. The highest BCUT2D eigenvalue weighted by atomic mass is 16.3. The molecule has 0 aliphatic rings. The summed E-state index contributed by atoms with van der Waals surface area (Å²) in [5, 5.41) is 18.6. The number of allylic oxidation sites excluding steroid dienone is 1. The highest BCUT2D eigenvalue weighted by Gasteiger charge is 2.10. The van der Waals surface area contributed by atoms with Gasteiger partial charge in [-0.15, -0.1) is 0 Å². The van der Waals surface area contributed by atoms with Crippen molar-refractivity contribution in [3.63, 3.8) is 0 Å². The molecule has 0 saturated carbocycles. The maximum Gasteiger partial charge on any atom is 0.328 e. The Balaban J connectivity index is 2.65. The summed E-state index contributed by atoms with van der Waals surface area (Å²) in [4.78, 5) is 26.5. The van der Waals surface area contributed by atoms with Crippen LogP contribution in [-0.4, -0.2) is 26.3 Å². The summed E-state index contributed by atoms with van der Waals surface area (Å²) in [6.45, 7) is 5.52. The molecular weight excluding hydrogens is 236 g/mol. The minimum absolute atomic E-state index is 0.108. The second-order valence-corrected chi connectivity index (χ2v) is 4.40. The van der Waals surface area contributed by atoms with Crippen molar-refractivity contribution in [3.05, 3.63) is 38.6 Å². The maximum absolute atomic E-state index is 11.5. The number of hydrogen-bond acceptors (Lipinski definition) is 4. The third-order valence-electron chi connectivity index (χ3n) is 2.60. The van der Waals surface area contributed by atoms with Gasteiger partial charge in [-0.2, -0.15) is 0 Å². The number of aromatic amines is 2. The second kappa shape index (κ2) is 6.20. The lowest BCUT2D eigenvalue weighted by Gasteiger charge is -2.07. The van der Waals surface area contributed by atoms with E-state index in [-0.39, 0.29) is 18.1 Å². The smallest absolute Gasteiger partial charge is 0.328 e. The number of aliphatic hydroxyl groups excluding tert-OH is 1. The van der Waals surface area contributed by atoms with Crippen molar-refractivity contribution in [2.24, 2.45) is 0 Å². The van der Waals surface area contributed by atoms with Crippen molar-refractivity contribution in [1.82, 2.24) is 9.97 Å². The topological polar surface area (TPSA) is 106 Å². The van der Waals surface area contributed by atoms with Crippen molar-refractivity contribution >= 4 is 0 Å². The van der Waals surface area contributed by atoms with Crippen LogP contribution in [0.5, 0.6) is 5.88 Å². The first kappa shape index (κ1) is 14.2. The van der Waals surface area contributed by atoms with Gasteiger partial charge in [0, 0.05) is 6.42 Å². The first-order chi connectivity index (χ1) is 8.40. The van der Waals surface area contributed by atoms with Gasteiger partial charge < -0.3 is 10.2 Å². The molecule has 1 aromatic heterocycles. The number of H-pyrrole nitrogens is 2. The molecule has 1 rings (SSSR count). The number of hydrogen-bond donors (Lipinski definition) is 4. The molecule has 0 spiro atoms. The predicted molar refractivity (Wildman–Crippen MR) is 67.7 cm³/mol. The Bertz CT molecular complexity index is 528. The minimum atomic E-state index is -0.735. The summed E-state index contributed by atoms with van der Waals surface area (Å²) in [7, 11) is 0. The zero-order chi connectivity index (χ0) is 13.7. The zero-order valence-electron chi connectivity index (χ0n) is 10.3. The van der Waals surface area contributed by atoms with E-state index in [4.69, 9.17) is 5.11 Å². The maximum atomic E-state index is 11.5. The molecule has 4 N–H and O–H groups in total.